The van der Waals surface area contributed by atoms with E-state index in [1.54, 1.807) is 12.1 Å². The lowest BCUT2D eigenvalue weighted by Gasteiger charge is -2.26. The Labute approximate surface area is 173 Å². The number of benzene rings is 1. The summed E-state index contributed by atoms with van der Waals surface area (Å²) in [6.07, 6.45) is 7.41. The third kappa shape index (κ3) is 4.97. The number of carbonyl (C=O) groups is 1. The summed E-state index contributed by atoms with van der Waals surface area (Å²) in [5.41, 5.74) is 3.33. The van der Waals surface area contributed by atoms with Gasteiger partial charge in [-0.25, -0.2) is 13.6 Å². The molecule has 6 nitrogen and oxygen atoms in total. The maximum atomic E-state index is 13.0. The van der Waals surface area contributed by atoms with E-state index in [-0.39, 0.29) is 10.7 Å². The average molecular weight is 418 g/mol. The molecule has 0 radical (unpaired) electrons. The Morgan fingerprint density at radius 3 is 2.24 bits per heavy atom. The van der Waals surface area contributed by atoms with Crippen LogP contribution in [0.1, 0.15) is 60.3 Å². The summed E-state index contributed by atoms with van der Waals surface area (Å²) in [6.45, 7) is 4.30. The predicted octanol–water partition coefficient (Wildman–Crippen LogP) is 3.58. The molecule has 7 heteroatoms. The molecule has 2 N–H and O–H groups in total. The highest BCUT2D eigenvalue weighted by molar-refractivity contribution is 7.89. The number of nitrogens with two attached hydrogens (primary N) is 1. The first-order chi connectivity index (χ1) is 13.7. The second-order valence-electron chi connectivity index (χ2n) is 8.14. The van der Waals surface area contributed by atoms with Crippen molar-refractivity contribution in [3.63, 3.8) is 0 Å². The van der Waals surface area contributed by atoms with Crippen molar-refractivity contribution in [1.29, 1.82) is 0 Å². The topological polar surface area (TPSA) is 85.4 Å². The molecule has 1 heterocycles. The van der Waals surface area contributed by atoms with E-state index in [9.17, 15) is 13.2 Å². The van der Waals surface area contributed by atoms with E-state index in [4.69, 9.17) is 5.14 Å². The average Bonchev–Trinajstić information content (AvgIpc) is 2.84. The van der Waals surface area contributed by atoms with Crippen LogP contribution in [0, 0.1) is 13.8 Å². The highest BCUT2D eigenvalue weighted by Crippen LogP contribution is 2.24. The number of nitrogens with zero attached hydrogens (tertiary/aromatic N) is 2. The number of ketones is 1. The number of carbonyl (C=O) groups excluding carboxylic acids is 1. The minimum atomic E-state index is -3.73. The van der Waals surface area contributed by atoms with Gasteiger partial charge >= 0.3 is 0 Å². The van der Waals surface area contributed by atoms with Gasteiger partial charge in [0.1, 0.15) is 0 Å². The summed E-state index contributed by atoms with van der Waals surface area (Å²) in [6, 6.07) is 8.81. The van der Waals surface area contributed by atoms with Crippen LogP contribution in [0.5, 0.6) is 0 Å². The van der Waals surface area contributed by atoms with Gasteiger partial charge in [0.15, 0.2) is 5.78 Å². The molecule has 1 aromatic heterocycles. The van der Waals surface area contributed by atoms with Crippen molar-refractivity contribution in [2.45, 2.75) is 63.3 Å². The van der Waals surface area contributed by atoms with Crippen LogP contribution in [-0.2, 0) is 10.0 Å². The highest BCUT2D eigenvalue weighted by Gasteiger charge is 2.22. The van der Waals surface area contributed by atoms with Crippen LogP contribution < -0.4 is 5.14 Å². The minimum Gasteiger partial charge on any atom is -0.318 e. The smallest absolute Gasteiger partial charge is 0.238 e. The van der Waals surface area contributed by atoms with Crippen LogP contribution in [0.4, 0.5) is 0 Å². The molecule has 0 spiro atoms. The lowest BCUT2D eigenvalue weighted by atomic mass is 10.1. The lowest BCUT2D eigenvalue weighted by Crippen LogP contribution is -2.35. The number of sulfonamides is 1. The van der Waals surface area contributed by atoms with Gasteiger partial charge in [0.2, 0.25) is 10.0 Å². The van der Waals surface area contributed by atoms with Crippen molar-refractivity contribution in [2.24, 2.45) is 5.14 Å². The number of hydrogen-bond acceptors (Lipinski definition) is 4. The van der Waals surface area contributed by atoms with E-state index >= 15 is 0 Å². The summed E-state index contributed by atoms with van der Waals surface area (Å²) in [5, 5.41) is 5.18. The Morgan fingerprint density at radius 2 is 1.69 bits per heavy atom. The first-order valence-corrected chi connectivity index (χ1v) is 11.8. The molecule has 2 aromatic rings. The van der Waals surface area contributed by atoms with E-state index < -0.39 is 10.0 Å². The van der Waals surface area contributed by atoms with Crippen molar-refractivity contribution in [3.05, 3.63) is 47.3 Å². The fourth-order valence-corrected chi connectivity index (χ4v) is 4.88. The molecule has 158 valence electrons. The monoisotopic (exact) mass is 417 g/mol. The van der Waals surface area contributed by atoms with Gasteiger partial charge in [0.25, 0.3) is 0 Å². The molecular weight excluding hydrogens is 386 g/mol. The van der Waals surface area contributed by atoms with Gasteiger partial charge in [0.05, 0.1) is 11.4 Å². The maximum absolute atomic E-state index is 13.0. The molecule has 1 aliphatic carbocycles. The predicted molar refractivity (Wildman–Crippen MR) is 115 cm³/mol. The zero-order valence-electron chi connectivity index (χ0n) is 17.5. The van der Waals surface area contributed by atoms with Crippen molar-refractivity contribution in [3.8, 4) is 5.69 Å². The third-order valence-electron chi connectivity index (χ3n) is 6.00. The number of rotatable bonds is 6. The van der Waals surface area contributed by atoms with Gasteiger partial charge in [0, 0.05) is 28.7 Å². The van der Waals surface area contributed by atoms with Gasteiger partial charge < -0.3 is 4.57 Å². The van der Waals surface area contributed by atoms with E-state index in [1.165, 1.54) is 50.7 Å². The zero-order valence-corrected chi connectivity index (χ0v) is 18.3. The first-order valence-electron chi connectivity index (χ1n) is 10.2. The van der Waals surface area contributed by atoms with Crippen molar-refractivity contribution in [2.75, 3.05) is 13.6 Å². The van der Waals surface area contributed by atoms with Crippen LogP contribution in [-0.4, -0.2) is 43.3 Å². The number of Topliss-reactive ketones (excluding diaryl/α,β-unsaturated/α-hetero) is 1. The van der Waals surface area contributed by atoms with Crippen LogP contribution >= 0.6 is 0 Å². The second-order valence-corrected chi connectivity index (χ2v) is 9.70. The highest BCUT2D eigenvalue weighted by atomic mass is 32.2. The standard InChI is InChI=1S/C22H31N3O3S/c1-16-14-21(22(26)15-24(3)18-8-6-4-5-7-9-18)17(2)25(16)19-10-12-20(13-11-19)29(23,27)28/h10-14,18H,4-9,15H2,1-3H3,(H2,23,27,28). The molecule has 0 amide bonds. The van der Waals surface area contributed by atoms with Crippen LogP contribution in [0.25, 0.3) is 5.69 Å². The summed E-state index contributed by atoms with van der Waals surface area (Å²) in [4.78, 5) is 15.3. The molecule has 29 heavy (non-hydrogen) atoms. The normalized spacial score (nSPS) is 16.2. The second kappa shape index (κ2) is 8.81. The number of aromatic nitrogens is 1. The Morgan fingerprint density at radius 1 is 1.10 bits per heavy atom. The fraction of sp³-hybridized carbons (Fsp3) is 0.500. The molecule has 0 atom stereocenters. The van der Waals surface area contributed by atoms with Crippen LogP contribution in [0.3, 0.4) is 0 Å². The molecule has 0 unspecified atom stereocenters. The van der Waals surface area contributed by atoms with E-state index in [2.05, 4.69) is 11.9 Å². The van der Waals surface area contributed by atoms with Gasteiger partial charge in [-0.2, -0.15) is 0 Å². The first kappa shape index (κ1) is 21.7. The molecule has 1 saturated carbocycles. The summed E-state index contributed by atoms with van der Waals surface area (Å²) in [5.74, 6) is 0.122. The molecule has 1 aromatic carbocycles. The van der Waals surface area contributed by atoms with Crippen molar-refractivity contribution in [1.82, 2.24) is 9.47 Å². The van der Waals surface area contributed by atoms with Crippen molar-refractivity contribution >= 4 is 15.8 Å². The quantitative estimate of drug-likeness (QED) is 0.575. The number of hydrogen-bond donors (Lipinski definition) is 1. The molecule has 0 aliphatic heterocycles. The van der Waals surface area contributed by atoms with Gasteiger partial charge in [-0.15, -0.1) is 0 Å². The molecule has 0 saturated heterocycles. The largest absolute Gasteiger partial charge is 0.318 e. The Balaban J connectivity index is 1.80. The van der Waals surface area contributed by atoms with Crippen molar-refractivity contribution < 1.29 is 13.2 Å². The van der Waals surface area contributed by atoms with Crippen LogP contribution in [0.2, 0.25) is 0 Å². The van der Waals surface area contributed by atoms with E-state index in [0.29, 0.717) is 12.6 Å². The van der Waals surface area contributed by atoms with Gasteiger partial charge in [-0.05, 0) is 64.1 Å². The Kier molecular flexibility index (Phi) is 6.61. The number of likely N-dealkylation sites (N-methyl/N-ethyl adjacent to an activating group) is 1. The maximum Gasteiger partial charge on any atom is 0.238 e. The van der Waals surface area contributed by atoms with Gasteiger partial charge in [-0.3, -0.25) is 9.69 Å². The summed E-state index contributed by atoms with van der Waals surface area (Å²) < 4.78 is 24.9. The molecule has 0 bridgehead atoms. The van der Waals surface area contributed by atoms with Gasteiger partial charge in [-0.1, -0.05) is 25.7 Å². The molecule has 1 aliphatic rings. The zero-order chi connectivity index (χ0) is 21.2. The molecule has 1 fully saturated rings. The molecule has 3 rings (SSSR count). The Bertz CT molecular complexity index is 969. The SMILES string of the molecule is Cc1cc(C(=O)CN(C)C2CCCCCC2)c(C)n1-c1ccc(S(N)(=O)=O)cc1. The summed E-state index contributed by atoms with van der Waals surface area (Å²) in [7, 11) is -1.67. The molecular formula is C22H31N3O3S. The van der Waals surface area contributed by atoms with E-state index in [0.717, 1.165) is 22.6 Å². The third-order valence-corrected chi connectivity index (χ3v) is 6.93. The summed E-state index contributed by atoms with van der Waals surface area (Å²) >= 11 is 0. The Hall–Kier alpha value is -1.96. The lowest BCUT2D eigenvalue weighted by molar-refractivity contribution is 0.0911. The van der Waals surface area contributed by atoms with E-state index in [1.807, 2.05) is 24.5 Å². The van der Waals surface area contributed by atoms with Crippen LogP contribution in [0.15, 0.2) is 35.2 Å². The number of aryl methyl sites for hydroxylation is 1. The fourth-order valence-electron chi connectivity index (χ4n) is 4.37. The number of primary sulfonamides is 1. The minimum absolute atomic E-state index is 0.0741.